The van der Waals surface area contributed by atoms with Crippen LogP contribution in [0.3, 0.4) is 0 Å². The van der Waals surface area contributed by atoms with Crippen molar-refractivity contribution in [2.24, 2.45) is 0 Å². The molecule has 0 amide bonds. The van der Waals surface area contributed by atoms with Crippen LogP contribution in [-0.2, 0) is 6.54 Å². The largest absolute Gasteiger partial charge is 0.467 e. The first kappa shape index (κ1) is 17.0. The van der Waals surface area contributed by atoms with Crippen molar-refractivity contribution in [3.05, 3.63) is 84.4 Å². The van der Waals surface area contributed by atoms with Crippen molar-refractivity contribution in [3.63, 3.8) is 0 Å². The van der Waals surface area contributed by atoms with E-state index in [0.29, 0.717) is 6.01 Å². The molecular weight excluding hydrogens is 336 g/mol. The summed E-state index contributed by atoms with van der Waals surface area (Å²) in [7, 11) is 1.56. The van der Waals surface area contributed by atoms with Gasteiger partial charge in [0.25, 0.3) is 0 Å². The van der Waals surface area contributed by atoms with Gasteiger partial charge in [-0.2, -0.15) is 0 Å². The molecular formula is C22H20N4O. The molecule has 0 unspecified atom stereocenters. The highest BCUT2D eigenvalue weighted by Crippen LogP contribution is 2.31. The zero-order valence-electron chi connectivity index (χ0n) is 15.3. The van der Waals surface area contributed by atoms with Gasteiger partial charge in [-0.25, -0.2) is 15.0 Å². The van der Waals surface area contributed by atoms with Crippen molar-refractivity contribution < 1.29 is 4.74 Å². The van der Waals surface area contributed by atoms with Crippen molar-refractivity contribution in [2.75, 3.05) is 7.11 Å². The average Bonchev–Trinajstić information content (AvgIpc) is 3.14. The lowest BCUT2D eigenvalue weighted by Crippen LogP contribution is -2.03. The number of aryl methyl sites for hydroxylation is 1. The Hall–Kier alpha value is -3.47. The van der Waals surface area contributed by atoms with Crippen molar-refractivity contribution >= 4 is 0 Å². The van der Waals surface area contributed by atoms with Gasteiger partial charge < -0.3 is 9.30 Å². The minimum atomic E-state index is 0.352. The molecule has 0 spiro atoms. The normalized spacial score (nSPS) is 10.7. The van der Waals surface area contributed by atoms with Crippen LogP contribution in [0.1, 0.15) is 11.1 Å². The van der Waals surface area contributed by atoms with Crippen molar-refractivity contribution in [1.82, 2.24) is 19.5 Å². The van der Waals surface area contributed by atoms with Crippen LogP contribution in [0.4, 0.5) is 0 Å². The number of nitrogens with zero attached hydrogens (tertiary/aromatic N) is 4. The number of rotatable bonds is 5. The first-order valence-electron chi connectivity index (χ1n) is 8.77. The molecule has 0 aliphatic heterocycles. The van der Waals surface area contributed by atoms with Crippen LogP contribution in [0.5, 0.6) is 6.01 Å². The smallest absolute Gasteiger partial charge is 0.316 e. The van der Waals surface area contributed by atoms with E-state index in [2.05, 4.69) is 57.9 Å². The maximum absolute atomic E-state index is 5.10. The van der Waals surface area contributed by atoms with Gasteiger partial charge in [0.05, 0.1) is 24.8 Å². The SMILES string of the molecule is COc1ncc(-c2c(-c3ccccc3)ncn2Cc2ccccc2C)cn1. The fraction of sp³-hybridized carbons (Fsp3) is 0.136. The molecule has 2 aromatic carbocycles. The van der Waals surface area contributed by atoms with Crippen LogP contribution >= 0.6 is 0 Å². The summed E-state index contributed by atoms with van der Waals surface area (Å²) in [5.74, 6) is 0. The molecule has 0 bridgehead atoms. The van der Waals surface area contributed by atoms with E-state index in [4.69, 9.17) is 9.72 Å². The lowest BCUT2D eigenvalue weighted by atomic mass is 10.1. The minimum absolute atomic E-state index is 0.352. The summed E-state index contributed by atoms with van der Waals surface area (Å²) in [5.41, 5.74) is 6.38. The maximum atomic E-state index is 5.10. The van der Waals surface area contributed by atoms with E-state index in [1.165, 1.54) is 11.1 Å². The zero-order chi connectivity index (χ0) is 18.6. The Balaban J connectivity index is 1.84. The molecule has 0 atom stereocenters. The molecule has 134 valence electrons. The molecule has 0 aliphatic rings. The van der Waals surface area contributed by atoms with E-state index < -0.39 is 0 Å². The third-order valence-electron chi connectivity index (χ3n) is 4.57. The number of aromatic nitrogens is 4. The lowest BCUT2D eigenvalue weighted by molar-refractivity contribution is 0.380. The van der Waals surface area contributed by atoms with Gasteiger partial charge in [0.15, 0.2) is 0 Å². The molecule has 27 heavy (non-hydrogen) atoms. The first-order valence-corrected chi connectivity index (χ1v) is 8.77. The first-order chi connectivity index (χ1) is 13.3. The van der Waals surface area contributed by atoms with Crippen LogP contribution in [0.2, 0.25) is 0 Å². The van der Waals surface area contributed by atoms with Gasteiger partial charge in [-0.15, -0.1) is 0 Å². The molecule has 5 heteroatoms. The van der Waals surface area contributed by atoms with Crippen LogP contribution in [-0.4, -0.2) is 26.6 Å². The van der Waals surface area contributed by atoms with Crippen molar-refractivity contribution in [3.8, 4) is 28.5 Å². The van der Waals surface area contributed by atoms with Gasteiger partial charge in [0.2, 0.25) is 0 Å². The van der Waals surface area contributed by atoms with E-state index in [0.717, 1.165) is 29.1 Å². The van der Waals surface area contributed by atoms with Crippen LogP contribution in [0.15, 0.2) is 73.3 Å². The van der Waals surface area contributed by atoms with Crippen molar-refractivity contribution in [1.29, 1.82) is 0 Å². The van der Waals surface area contributed by atoms with Crippen LogP contribution in [0, 0.1) is 6.92 Å². The van der Waals surface area contributed by atoms with Crippen molar-refractivity contribution in [2.45, 2.75) is 13.5 Å². The van der Waals surface area contributed by atoms with Gasteiger partial charge in [-0.3, -0.25) is 0 Å². The molecule has 4 rings (SSSR count). The zero-order valence-corrected chi connectivity index (χ0v) is 15.3. The van der Waals surface area contributed by atoms with Gasteiger partial charge >= 0.3 is 6.01 Å². The predicted molar refractivity (Wildman–Crippen MR) is 106 cm³/mol. The number of ether oxygens (including phenoxy) is 1. The van der Waals surface area contributed by atoms with E-state index in [-0.39, 0.29) is 0 Å². The summed E-state index contributed by atoms with van der Waals surface area (Å²) >= 11 is 0. The standard InChI is InChI=1S/C22H20N4O/c1-16-8-6-7-11-18(16)14-26-15-25-20(17-9-4-3-5-10-17)21(26)19-12-23-22(27-2)24-13-19/h3-13,15H,14H2,1-2H3. The molecule has 2 heterocycles. The summed E-state index contributed by atoms with van der Waals surface area (Å²) in [6.07, 6.45) is 5.45. The summed E-state index contributed by atoms with van der Waals surface area (Å²) in [6.45, 7) is 2.86. The van der Waals surface area contributed by atoms with E-state index in [1.54, 1.807) is 19.5 Å². The molecule has 5 nitrogen and oxygen atoms in total. The third kappa shape index (κ3) is 3.44. The van der Waals surface area contributed by atoms with E-state index in [1.807, 2.05) is 24.5 Å². The highest BCUT2D eigenvalue weighted by Gasteiger charge is 2.16. The second-order valence-corrected chi connectivity index (χ2v) is 6.32. The Kier molecular flexibility index (Phi) is 4.66. The number of methoxy groups -OCH3 is 1. The molecule has 0 fully saturated rings. The predicted octanol–water partition coefficient (Wildman–Crippen LogP) is 4.37. The maximum Gasteiger partial charge on any atom is 0.316 e. The second kappa shape index (κ2) is 7.41. The Morgan fingerprint density at radius 3 is 2.26 bits per heavy atom. The highest BCUT2D eigenvalue weighted by atomic mass is 16.5. The van der Waals surface area contributed by atoms with Gasteiger partial charge in [-0.05, 0) is 18.1 Å². The summed E-state index contributed by atoms with van der Waals surface area (Å²) in [4.78, 5) is 13.3. The molecule has 2 aromatic heterocycles. The van der Waals surface area contributed by atoms with E-state index >= 15 is 0 Å². The fourth-order valence-corrected chi connectivity index (χ4v) is 3.13. The Bertz CT molecular complexity index is 1040. The minimum Gasteiger partial charge on any atom is -0.467 e. The number of hydrogen-bond acceptors (Lipinski definition) is 4. The number of benzene rings is 2. The summed E-state index contributed by atoms with van der Waals surface area (Å²) < 4.78 is 7.25. The lowest BCUT2D eigenvalue weighted by Gasteiger charge is -2.12. The fourth-order valence-electron chi connectivity index (χ4n) is 3.13. The molecule has 0 saturated carbocycles. The number of imidazole rings is 1. The highest BCUT2D eigenvalue weighted by molar-refractivity contribution is 5.78. The Morgan fingerprint density at radius 1 is 0.852 bits per heavy atom. The second-order valence-electron chi connectivity index (χ2n) is 6.32. The topological polar surface area (TPSA) is 52.8 Å². The van der Waals surface area contributed by atoms with Crippen LogP contribution < -0.4 is 4.74 Å². The third-order valence-corrected chi connectivity index (χ3v) is 4.57. The van der Waals surface area contributed by atoms with Gasteiger partial charge in [-0.1, -0.05) is 54.6 Å². The van der Waals surface area contributed by atoms with E-state index in [9.17, 15) is 0 Å². The molecule has 0 N–H and O–H groups in total. The van der Waals surface area contributed by atoms with Gasteiger partial charge in [0, 0.05) is 30.1 Å². The number of hydrogen-bond donors (Lipinski definition) is 0. The Labute approximate surface area is 158 Å². The molecule has 0 radical (unpaired) electrons. The van der Waals surface area contributed by atoms with Crippen LogP contribution in [0.25, 0.3) is 22.5 Å². The summed E-state index contributed by atoms with van der Waals surface area (Å²) in [5, 5.41) is 0. The molecule has 0 saturated heterocycles. The quantitative estimate of drug-likeness (QED) is 0.533. The summed E-state index contributed by atoms with van der Waals surface area (Å²) in [6, 6.07) is 18.9. The Morgan fingerprint density at radius 2 is 1.56 bits per heavy atom. The average molecular weight is 356 g/mol. The van der Waals surface area contributed by atoms with Gasteiger partial charge in [0.1, 0.15) is 0 Å². The monoisotopic (exact) mass is 356 g/mol. The molecule has 4 aromatic rings. The molecule has 0 aliphatic carbocycles.